The fraction of sp³-hybridized carbons (Fsp3) is 0.343. The van der Waals surface area contributed by atoms with E-state index in [1.54, 1.807) is 0 Å². The van der Waals surface area contributed by atoms with Crippen LogP contribution in [0, 0.1) is 19.8 Å². The summed E-state index contributed by atoms with van der Waals surface area (Å²) >= 11 is 0. The van der Waals surface area contributed by atoms with E-state index < -0.39 is 0 Å². The normalized spacial score (nSPS) is 14.6. The zero-order valence-corrected chi connectivity index (χ0v) is 24.0. The number of aromatic nitrogens is 2. The summed E-state index contributed by atoms with van der Waals surface area (Å²) in [4.78, 5) is 25.3. The predicted octanol–water partition coefficient (Wildman–Crippen LogP) is 8.02. The van der Waals surface area contributed by atoms with E-state index >= 15 is 0 Å². The second-order valence-corrected chi connectivity index (χ2v) is 11.3. The van der Waals surface area contributed by atoms with E-state index in [1.165, 1.54) is 11.1 Å². The monoisotopic (exact) mass is 532 g/mol. The van der Waals surface area contributed by atoms with Crippen LogP contribution in [0.3, 0.4) is 0 Å². The van der Waals surface area contributed by atoms with Crippen LogP contribution in [0.5, 0.6) is 0 Å². The second-order valence-electron chi connectivity index (χ2n) is 11.3. The van der Waals surface area contributed by atoms with E-state index in [4.69, 9.17) is 9.97 Å². The fourth-order valence-electron chi connectivity index (χ4n) is 5.42. The second kappa shape index (κ2) is 12.9. The number of benzene rings is 3. The number of unbranched alkanes of at least 4 members (excludes halogenated alkanes) is 3. The Morgan fingerprint density at radius 3 is 2.05 bits per heavy atom. The highest BCUT2D eigenvalue weighted by Gasteiger charge is 2.27. The number of fused-ring (bicyclic) bond motifs is 1. The molecule has 0 bridgehead atoms. The summed E-state index contributed by atoms with van der Waals surface area (Å²) in [5.74, 6) is 1.65. The first-order chi connectivity index (χ1) is 19.5. The van der Waals surface area contributed by atoms with Gasteiger partial charge >= 0.3 is 0 Å². The van der Waals surface area contributed by atoms with Gasteiger partial charge in [-0.3, -0.25) is 4.79 Å². The van der Waals surface area contributed by atoms with Crippen LogP contribution in [0.1, 0.15) is 55.8 Å². The van der Waals surface area contributed by atoms with Gasteiger partial charge in [0, 0.05) is 36.3 Å². The third-order valence-corrected chi connectivity index (χ3v) is 7.61. The number of anilines is 2. The average molecular weight is 533 g/mol. The summed E-state index contributed by atoms with van der Waals surface area (Å²) in [5.41, 5.74) is 8.56. The molecule has 1 N–H and O–H groups in total. The number of aryl methyl sites for hydroxylation is 2. The first-order valence-corrected chi connectivity index (χ1v) is 14.6. The van der Waals surface area contributed by atoms with Gasteiger partial charge in [0.05, 0.1) is 17.1 Å². The van der Waals surface area contributed by atoms with Crippen molar-refractivity contribution in [2.75, 3.05) is 23.3 Å². The lowest BCUT2D eigenvalue weighted by molar-refractivity contribution is -0.116. The molecule has 0 spiro atoms. The van der Waals surface area contributed by atoms with E-state index in [0.717, 1.165) is 84.9 Å². The summed E-state index contributed by atoms with van der Waals surface area (Å²) < 4.78 is 0. The van der Waals surface area contributed by atoms with E-state index in [9.17, 15) is 4.79 Å². The highest BCUT2D eigenvalue weighted by Crippen LogP contribution is 2.36. The van der Waals surface area contributed by atoms with E-state index in [2.05, 4.69) is 79.5 Å². The minimum atomic E-state index is 0.0910. The number of nitrogens with zero attached hydrogens (tertiary/aromatic N) is 3. The first kappa shape index (κ1) is 27.6. The smallest absolute Gasteiger partial charge is 0.224 e. The lowest BCUT2D eigenvalue weighted by Gasteiger charge is -2.34. The van der Waals surface area contributed by atoms with Crippen LogP contribution in [0.15, 0.2) is 78.9 Å². The summed E-state index contributed by atoms with van der Waals surface area (Å²) in [6.07, 6.45) is 5.63. The quantitative estimate of drug-likeness (QED) is 0.210. The molecule has 0 saturated carbocycles. The number of carbonyl (C=O) groups excluding carboxylic acids is 1. The highest BCUT2D eigenvalue weighted by molar-refractivity contribution is 5.90. The Bertz CT molecular complexity index is 1410. The van der Waals surface area contributed by atoms with Crippen LogP contribution in [0.2, 0.25) is 0 Å². The summed E-state index contributed by atoms with van der Waals surface area (Å²) in [6, 6.07) is 26.9. The van der Waals surface area contributed by atoms with Crippen molar-refractivity contribution in [3.8, 4) is 22.5 Å². The van der Waals surface area contributed by atoms with E-state index in [-0.39, 0.29) is 5.91 Å². The molecule has 1 aliphatic heterocycles. The Hall–Kier alpha value is -3.99. The standard InChI is InChI=1S/C35H40N4O/c1-25-14-18-28(19-15-25)33-34(29-20-16-26(2)17-21-29)38-35-31(37-33)23-27(3)24-39(35)22-10-5-4-9-13-32(40)36-30-11-7-6-8-12-30/h6-8,11-12,14-21,27H,4-5,9-10,13,22-24H2,1-3H3,(H,36,40). The molecule has 0 radical (unpaired) electrons. The molecule has 1 atom stereocenters. The molecular weight excluding hydrogens is 492 g/mol. The van der Waals surface area contributed by atoms with Crippen LogP contribution >= 0.6 is 0 Å². The molecule has 5 rings (SSSR count). The molecule has 1 aromatic heterocycles. The molecule has 5 heteroatoms. The lowest BCUT2D eigenvalue weighted by atomic mass is 9.97. The number of hydrogen-bond donors (Lipinski definition) is 1. The molecule has 0 aliphatic carbocycles. The minimum absolute atomic E-state index is 0.0910. The van der Waals surface area contributed by atoms with Crippen molar-refractivity contribution in [2.45, 2.75) is 59.3 Å². The van der Waals surface area contributed by atoms with Crippen molar-refractivity contribution in [3.63, 3.8) is 0 Å². The molecule has 206 valence electrons. The lowest BCUT2D eigenvalue weighted by Crippen LogP contribution is -2.36. The SMILES string of the molecule is Cc1ccc(-c2nc3c(nc2-c2ccc(C)cc2)N(CCCCCCC(=O)Nc2ccccc2)CC(C)C3)cc1. The molecule has 40 heavy (non-hydrogen) atoms. The van der Waals surface area contributed by atoms with Crippen LogP contribution in [-0.4, -0.2) is 29.0 Å². The van der Waals surface area contributed by atoms with Gasteiger partial charge in [-0.25, -0.2) is 9.97 Å². The summed E-state index contributed by atoms with van der Waals surface area (Å²) in [5, 5.41) is 2.98. The van der Waals surface area contributed by atoms with Gasteiger partial charge in [0.25, 0.3) is 0 Å². The third-order valence-electron chi connectivity index (χ3n) is 7.61. The molecule has 0 fully saturated rings. The van der Waals surface area contributed by atoms with E-state index in [1.807, 2.05) is 30.3 Å². The minimum Gasteiger partial charge on any atom is -0.355 e. The zero-order chi connectivity index (χ0) is 27.9. The van der Waals surface area contributed by atoms with Crippen molar-refractivity contribution < 1.29 is 4.79 Å². The Kier molecular flexibility index (Phi) is 8.90. The molecule has 0 saturated heterocycles. The number of rotatable bonds is 10. The molecule has 1 amide bonds. The van der Waals surface area contributed by atoms with Gasteiger partial charge in [0.1, 0.15) is 0 Å². The highest BCUT2D eigenvalue weighted by atomic mass is 16.1. The Balaban J connectivity index is 1.27. The summed E-state index contributed by atoms with van der Waals surface area (Å²) in [7, 11) is 0. The molecule has 1 unspecified atom stereocenters. The van der Waals surface area contributed by atoms with Crippen LogP contribution in [-0.2, 0) is 11.2 Å². The van der Waals surface area contributed by atoms with Crippen molar-refractivity contribution in [2.24, 2.45) is 5.92 Å². The number of hydrogen-bond acceptors (Lipinski definition) is 4. The molecule has 3 aromatic carbocycles. The number of para-hydroxylation sites is 1. The van der Waals surface area contributed by atoms with Crippen LogP contribution < -0.4 is 10.2 Å². The van der Waals surface area contributed by atoms with Crippen molar-refractivity contribution >= 4 is 17.4 Å². The molecule has 5 nitrogen and oxygen atoms in total. The predicted molar refractivity (Wildman–Crippen MR) is 166 cm³/mol. The zero-order valence-electron chi connectivity index (χ0n) is 24.0. The Labute approximate surface area is 238 Å². The maximum absolute atomic E-state index is 12.2. The van der Waals surface area contributed by atoms with Crippen molar-refractivity contribution in [1.29, 1.82) is 0 Å². The largest absolute Gasteiger partial charge is 0.355 e. The van der Waals surface area contributed by atoms with Gasteiger partial charge in [-0.05, 0) is 51.2 Å². The third kappa shape index (κ3) is 6.95. The van der Waals surface area contributed by atoms with Gasteiger partial charge in [-0.1, -0.05) is 97.6 Å². The van der Waals surface area contributed by atoms with Gasteiger partial charge in [-0.15, -0.1) is 0 Å². The van der Waals surface area contributed by atoms with Gasteiger partial charge in [0.2, 0.25) is 5.91 Å². The van der Waals surface area contributed by atoms with Gasteiger partial charge < -0.3 is 10.2 Å². The number of nitrogens with one attached hydrogen (secondary N) is 1. The number of carbonyl (C=O) groups is 1. The topological polar surface area (TPSA) is 58.1 Å². The average Bonchev–Trinajstić information content (AvgIpc) is 2.95. The first-order valence-electron chi connectivity index (χ1n) is 14.6. The van der Waals surface area contributed by atoms with Gasteiger partial charge in [-0.2, -0.15) is 0 Å². The Morgan fingerprint density at radius 1 is 0.800 bits per heavy atom. The van der Waals surface area contributed by atoms with E-state index in [0.29, 0.717) is 12.3 Å². The molecule has 1 aliphatic rings. The maximum Gasteiger partial charge on any atom is 0.224 e. The molecule has 2 heterocycles. The summed E-state index contributed by atoms with van der Waals surface area (Å²) in [6.45, 7) is 8.49. The van der Waals surface area contributed by atoms with Crippen molar-refractivity contribution in [3.05, 3.63) is 95.7 Å². The van der Waals surface area contributed by atoms with Gasteiger partial charge in [0.15, 0.2) is 5.82 Å². The number of amides is 1. The Morgan fingerprint density at radius 2 is 1.40 bits per heavy atom. The fourth-order valence-corrected chi connectivity index (χ4v) is 5.42. The van der Waals surface area contributed by atoms with Crippen LogP contribution in [0.25, 0.3) is 22.5 Å². The maximum atomic E-state index is 12.2. The molecular formula is C35H40N4O. The van der Waals surface area contributed by atoms with Crippen molar-refractivity contribution in [1.82, 2.24) is 9.97 Å². The van der Waals surface area contributed by atoms with Crippen LogP contribution in [0.4, 0.5) is 11.5 Å². The molecule has 4 aromatic rings.